The van der Waals surface area contributed by atoms with Gasteiger partial charge in [0.05, 0.1) is 191 Å². The summed E-state index contributed by atoms with van der Waals surface area (Å²) in [5.74, 6) is -6.49. The summed E-state index contributed by atoms with van der Waals surface area (Å²) in [4.78, 5) is 141. The number of carboxylic acids is 3. The molecule has 0 fully saturated rings. The number of hydrogen-bond donors (Lipinski definition) is 4. The van der Waals surface area contributed by atoms with Crippen molar-refractivity contribution in [1.82, 2.24) is 15.1 Å². The number of amides is 5. The maximum atomic E-state index is 11.4. The fourth-order valence-electron chi connectivity index (χ4n) is 6.09. The molecule has 0 aliphatic carbocycles. The Morgan fingerprint density at radius 1 is 0.444 bits per heavy atom. The summed E-state index contributed by atoms with van der Waals surface area (Å²) in [5, 5.41) is 28.0. The summed E-state index contributed by atoms with van der Waals surface area (Å²) in [6.45, 7) is 23.9. The number of hydrogen-bond acceptors (Lipinski definition) is 30. The van der Waals surface area contributed by atoms with E-state index in [0.29, 0.717) is 152 Å². The second-order valence-corrected chi connectivity index (χ2v) is 21.3. The molecule has 0 aromatic heterocycles. The van der Waals surface area contributed by atoms with Gasteiger partial charge in [0.25, 0.3) is 23.6 Å². The summed E-state index contributed by atoms with van der Waals surface area (Å²) < 4.78 is 76.9. The van der Waals surface area contributed by atoms with Crippen molar-refractivity contribution in [3.8, 4) is 0 Å². The van der Waals surface area contributed by atoms with E-state index in [9.17, 15) is 57.5 Å². The second kappa shape index (κ2) is 65.9. The van der Waals surface area contributed by atoms with Crippen LogP contribution in [0.1, 0.15) is 81.1 Å². The van der Waals surface area contributed by atoms with Gasteiger partial charge >= 0.3 is 65.4 Å². The number of carboxylic acid groups (broad SMARTS) is 3. The summed E-state index contributed by atoms with van der Waals surface area (Å²) >= 11 is 0. The van der Waals surface area contributed by atoms with E-state index in [2.05, 4.69) is 10.1 Å². The van der Waals surface area contributed by atoms with Crippen molar-refractivity contribution in [1.29, 1.82) is 0 Å². The molecule has 3 heterocycles. The third-order valence-electron chi connectivity index (χ3n) is 10.2. The number of ether oxygens (including phenoxy) is 15. The summed E-state index contributed by atoms with van der Waals surface area (Å²) in [6.07, 6.45) is 9.70. The van der Waals surface area contributed by atoms with E-state index < -0.39 is 47.0 Å². The molecule has 5 N–H and O–H groups in total. The summed E-state index contributed by atoms with van der Waals surface area (Å²) in [5.41, 5.74) is 4.34. The molecule has 0 aromatic rings. The summed E-state index contributed by atoms with van der Waals surface area (Å²) in [6, 6.07) is 0. The Bertz CT molecular complexity index is 2390. The minimum absolute atomic E-state index is 0. The first-order valence-corrected chi connectivity index (χ1v) is 31.1. The number of cyclic esters (lactones) is 2. The number of esters is 4. The van der Waals surface area contributed by atoms with E-state index in [0.717, 1.165) is 41.0 Å². The van der Waals surface area contributed by atoms with Crippen molar-refractivity contribution in [3.05, 3.63) is 48.6 Å². The van der Waals surface area contributed by atoms with Crippen LogP contribution in [-0.2, 0) is 133 Å². The van der Waals surface area contributed by atoms with Gasteiger partial charge in [-0.3, -0.25) is 53.0 Å². The van der Waals surface area contributed by atoms with E-state index in [1.165, 1.54) is 31.2 Å². The van der Waals surface area contributed by atoms with Gasteiger partial charge in [-0.2, -0.15) is 0 Å². The Kier molecular flexibility index (Phi) is 65.7. The van der Waals surface area contributed by atoms with Crippen molar-refractivity contribution in [2.75, 3.05) is 185 Å². The van der Waals surface area contributed by atoms with Gasteiger partial charge in [-0.1, -0.05) is 0 Å². The molecule has 560 valence electrons. The van der Waals surface area contributed by atoms with Crippen molar-refractivity contribution < 1.29 is 178 Å². The molecule has 35 nitrogen and oxygen atoms in total. The third kappa shape index (κ3) is 75.4. The molecule has 0 aromatic carbocycles. The van der Waals surface area contributed by atoms with Crippen LogP contribution in [0.4, 0.5) is 0 Å². The Morgan fingerprint density at radius 2 is 0.727 bits per heavy atom. The molecule has 3 rings (SSSR count). The molecule has 0 atom stereocenters. The number of nitrogens with two attached hydrogens (primary N) is 1. The fourth-order valence-corrected chi connectivity index (χ4v) is 6.09. The van der Waals surface area contributed by atoms with Gasteiger partial charge in [-0.15, -0.1) is 0 Å². The topological polar surface area (TPSA) is 468 Å². The Hall–Kier alpha value is -6.65. The van der Waals surface area contributed by atoms with Gasteiger partial charge in [0.1, 0.15) is 17.0 Å². The molecule has 0 spiro atoms. The van der Waals surface area contributed by atoms with Crippen LogP contribution in [0.15, 0.2) is 48.6 Å². The number of Topliss-reactive ketones (excluding diaryl/α,β-unsaturated/α-hetero) is 1. The van der Waals surface area contributed by atoms with E-state index in [-0.39, 0.29) is 130 Å². The fraction of sp³-hybridized carbons (Fsp3) is 0.667. The number of carbonyl (C=O) groups is 13. The van der Waals surface area contributed by atoms with Gasteiger partial charge in [0, 0.05) is 74.1 Å². The molecule has 0 radical (unpaired) electrons. The zero-order valence-corrected chi connectivity index (χ0v) is 60.5. The molecule has 0 bridgehead atoms. The number of ketones is 1. The molecule has 0 saturated heterocycles. The van der Waals surface area contributed by atoms with E-state index in [1.807, 2.05) is 41.5 Å². The third-order valence-corrected chi connectivity index (χ3v) is 10.2. The van der Waals surface area contributed by atoms with Gasteiger partial charge < -0.3 is 102 Å². The largest absolute Gasteiger partial charge is 1.00 e. The average Bonchev–Trinajstić information content (AvgIpc) is 1.76. The number of nitrogens with one attached hydrogen (secondary N) is 1. The van der Waals surface area contributed by atoms with Crippen molar-refractivity contribution in [2.24, 2.45) is 5.73 Å². The number of carbonyl (C=O) groups excluding carboxylic acids is 11. The molecule has 0 saturated carbocycles. The minimum atomic E-state index is -1.17. The predicted molar refractivity (Wildman–Crippen MR) is 340 cm³/mol. The Balaban J connectivity index is -0.000000576. The number of rotatable bonds is 49. The van der Waals surface area contributed by atoms with Crippen LogP contribution in [0.25, 0.3) is 0 Å². The van der Waals surface area contributed by atoms with Crippen molar-refractivity contribution in [2.45, 2.75) is 92.3 Å². The van der Waals surface area contributed by atoms with Crippen molar-refractivity contribution in [3.63, 3.8) is 0 Å². The van der Waals surface area contributed by atoms with Crippen LogP contribution in [0.5, 0.6) is 0 Å². The van der Waals surface area contributed by atoms with Gasteiger partial charge in [-0.05, 0) is 55.4 Å². The molecular formula is C63H101N4NaO31. The van der Waals surface area contributed by atoms with Crippen LogP contribution >= 0.6 is 0 Å². The molecular weight excluding hydrogens is 1330 g/mol. The second-order valence-electron chi connectivity index (χ2n) is 21.3. The monoisotopic (exact) mass is 1430 g/mol. The van der Waals surface area contributed by atoms with Crippen molar-refractivity contribution >= 4 is 77.1 Å². The first kappa shape index (κ1) is 98.7. The van der Waals surface area contributed by atoms with E-state index in [4.69, 9.17) is 92.2 Å². The molecule has 36 heteroatoms. The Morgan fingerprint density at radius 3 is 1.00 bits per heavy atom. The normalized spacial score (nSPS) is 12.8. The van der Waals surface area contributed by atoms with Gasteiger partial charge in [-0.25, -0.2) is 14.4 Å². The quantitative estimate of drug-likeness (QED) is 0.00858. The maximum absolute atomic E-state index is 11.4. The van der Waals surface area contributed by atoms with Crippen LogP contribution in [-0.4, -0.2) is 293 Å². The minimum Gasteiger partial charge on any atom is -0.550 e. The Labute approximate surface area is 599 Å². The smallest absolute Gasteiger partial charge is 0.550 e. The molecule has 3 aliphatic heterocycles. The SMILES string of the molecule is CC(=O)CCOCCOCCOCCNC(=O)/C=C\C(=O)O.CC(=O)[O-].CC(C)(C)OC(=O)CCOCCOCCOCCN.CC(C)(C)OC(=O)CCOCCOCCOCCN1C(=O)C=CC1=O.O=C(O)CCOCCOCCOCCN1C(=O)C=CC1=O.O=C1C=CC(=O)O1.[Na+]. The first-order chi connectivity index (χ1) is 46.4. The standard InChI is InChI=1S/C17H27NO7.C14H23NO7.C13H19NO7.C13H27NO5.C4H2O3.C2H4O2.Na/c1-17(2,3)25-16(21)6-8-22-10-12-24-13-11-23-9-7-18-14(19)4-5-15(18)20;1-12(16)4-6-20-8-10-22-11-9-21-7-5-15-13(17)2-3-14(18)19;15-11-1-2-12(16)14(11)4-6-20-8-10-21-9-7-19-5-3-13(17)18;1-13(2,3)19-12(15)4-6-16-8-10-18-11-9-17-7-5-14;5-3-1-2-4(6)7-3;1-2(3)4;/h4-5H,6-13H2,1-3H3;2-3H,4-11H2,1H3,(H,15,17)(H,18,19);1-2H,3-10H2,(H,17,18);4-11,14H2,1-3H3;1-2H;1H3,(H,3,4);/q;;;;;;+1/p-1/b;3-2-;;;;;. The zero-order valence-electron chi connectivity index (χ0n) is 58.5. The number of nitrogens with zero attached hydrogens (tertiary/aromatic N) is 2. The molecule has 5 amide bonds. The van der Waals surface area contributed by atoms with Crippen LogP contribution in [0.2, 0.25) is 0 Å². The first-order valence-electron chi connectivity index (χ1n) is 31.1. The van der Waals surface area contributed by atoms with Crippen LogP contribution in [0.3, 0.4) is 0 Å². The summed E-state index contributed by atoms with van der Waals surface area (Å²) in [7, 11) is 0. The van der Waals surface area contributed by atoms with Crippen LogP contribution in [0, 0.1) is 0 Å². The zero-order chi connectivity index (χ0) is 74.3. The van der Waals surface area contributed by atoms with Gasteiger partial charge in [0.15, 0.2) is 0 Å². The van der Waals surface area contributed by atoms with Gasteiger partial charge in [0.2, 0.25) is 5.91 Å². The predicted octanol–water partition coefficient (Wildman–Crippen LogP) is -3.99. The van der Waals surface area contributed by atoms with E-state index >= 15 is 0 Å². The molecule has 99 heavy (non-hydrogen) atoms. The maximum Gasteiger partial charge on any atom is 1.00 e. The number of imide groups is 2. The molecule has 3 aliphatic rings. The number of aliphatic carboxylic acids is 3. The van der Waals surface area contributed by atoms with E-state index in [1.54, 1.807) is 0 Å². The molecule has 0 unspecified atom stereocenters. The van der Waals surface area contributed by atoms with Crippen LogP contribution < -0.4 is 45.7 Å². The average molecular weight is 1430 g/mol.